The number of hydrogen-bond donors (Lipinski definition) is 1. The third kappa shape index (κ3) is 3.99. The SMILES string of the molecule is O=C(CSc1ccccc1)Nc1ccn(-c2ccc(F)cc2F)n1. The molecule has 0 atom stereocenters. The second-order valence-electron chi connectivity index (χ2n) is 4.89. The van der Waals surface area contributed by atoms with Crippen molar-refractivity contribution in [3.05, 3.63) is 72.4 Å². The maximum atomic E-state index is 13.7. The van der Waals surface area contributed by atoms with Gasteiger partial charge in [-0.2, -0.15) is 0 Å². The Bertz CT molecular complexity index is 852. The van der Waals surface area contributed by atoms with Crippen molar-refractivity contribution in [2.24, 2.45) is 0 Å². The molecule has 4 nitrogen and oxygen atoms in total. The Morgan fingerprint density at radius 2 is 1.92 bits per heavy atom. The number of benzene rings is 2. The van der Waals surface area contributed by atoms with E-state index in [9.17, 15) is 13.6 Å². The minimum atomic E-state index is -0.726. The largest absolute Gasteiger partial charge is 0.308 e. The van der Waals surface area contributed by atoms with Gasteiger partial charge in [-0.3, -0.25) is 4.79 Å². The number of nitrogens with one attached hydrogen (secondary N) is 1. The topological polar surface area (TPSA) is 46.9 Å². The van der Waals surface area contributed by atoms with Crippen molar-refractivity contribution >= 4 is 23.5 Å². The molecule has 0 saturated carbocycles. The Kier molecular flexibility index (Phi) is 4.90. The summed E-state index contributed by atoms with van der Waals surface area (Å²) in [4.78, 5) is 12.9. The molecule has 7 heteroatoms. The summed E-state index contributed by atoms with van der Waals surface area (Å²) in [5.41, 5.74) is 0.107. The van der Waals surface area contributed by atoms with Gasteiger partial charge >= 0.3 is 0 Å². The number of thioether (sulfide) groups is 1. The molecular weight excluding hydrogens is 332 g/mol. The van der Waals surface area contributed by atoms with Gasteiger partial charge in [0, 0.05) is 23.2 Å². The zero-order valence-electron chi connectivity index (χ0n) is 12.4. The number of aromatic nitrogens is 2. The molecule has 3 aromatic rings. The van der Waals surface area contributed by atoms with Crippen LogP contribution in [0, 0.1) is 11.6 Å². The number of carbonyl (C=O) groups excluding carboxylic acids is 1. The molecule has 0 spiro atoms. The molecule has 0 radical (unpaired) electrons. The molecule has 0 aliphatic heterocycles. The lowest BCUT2D eigenvalue weighted by Gasteiger charge is -2.04. The Balaban J connectivity index is 1.62. The van der Waals surface area contributed by atoms with Crippen LogP contribution in [0.25, 0.3) is 5.69 Å². The molecule has 1 amide bonds. The van der Waals surface area contributed by atoms with Crippen molar-refractivity contribution in [1.29, 1.82) is 0 Å². The molecule has 0 saturated heterocycles. The molecule has 122 valence electrons. The molecule has 0 aliphatic rings. The highest BCUT2D eigenvalue weighted by molar-refractivity contribution is 8.00. The summed E-state index contributed by atoms with van der Waals surface area (Å²) >= 11 is 1.41. The second kappa shape index (κ2) is 7.27. The third-order valence-corrected chi connectivity index (χ3v) is 4.14. The van der Waals surface area contributed by atoms with Crippen LogP contribution in [-0.4, -0.2) is 21.4 Å². The first-order valence-corrected chi connectivity index (χ1v) is 8.09. The highest BCUT2D eigenvalue weighted by Gasteiger charge is 2.10. The maximum Gasteiger partial charge on any atom is 0.235 e. The van der Waals surface area contributed by atoms with Gasteiger partial charge in [-0.05, 0) is 24.3 Å². The highest BCUT2D eigenvalue weighted by atomic mass is 32.2. The molecule has 1 heterocycles. The van der Waals surface area contributed by atoms with Gasteiger partial charge in [0.1, 0.15) is 11.5 Å². The predicted octanol–water partition coefficient (Wildman–Crippen LogP) is 3.88. The fraction of sp³-hybridized carbons (Fsp3) is 0.0588. The second-order valence-corrected chi connectivity index (χ2v) is 5.94. The standard InChI is InChI=1S/C17H13F2N3OS/c18-12-6-7-15(14(19)10-12)22-9-8-16(21-22)20-17(23)11-24-13-4-2-1-3-5-13/h1-10H,11H2,(H,20,21,23). The lowest BCUT2D eigenvalue weighted by Crippen LogP contribution is -2.14. The first kappa shape index (κ1) is 16.2. The van der Waals surface area contributed by atoms with E-state index in [1.807, 2.05) is 30.3 Å². The molecule has 1 N–H and O–H groups in total. The lowest BCUT2D eigenvalue weighted by atomic mass is 10.3. The predicted molar refractivity (Wildman–Crippen MR) is 89.3 cm³/mol. The van der Waals surface area contributed by atoms with Crippen LogP contribution in [0.3, 0.4) is 0 Å². The molecule has 0 unspecified atom stereocenters. The number of halogens is 2. The van der Waals surface area contributed by atoms with Crippen molar-refractivity contribution < 1.29 is 13.6 Å². The van der Waals surface area contributed by atoms with Gasteiger partial charge in [-0.1, -0.05) is 18.2 Å². The summed E-state index contributed by atoms with van der Waals surface area (Å²) in [7, 11) is 0. The molecular formula is C17H13F2N3OS. The Labute approximate surface area is 141 Å². The third-order valence-electron chi connectivity index (χ3n) is 3.13. The van der Waals surface area contributed by atoms with Crippen LogP contribution >= 0.6 is 11.8 Å². The van der Waals surface area contributed by atoms with Crippen molar-refractivity contribution in [2.75, 3.05) is 11.1 Å². The first-order valence-electron chi connectivity index (χ1n) is 7.10. The molecule has 3 rings (SSSR count). The van der Waals surface area contributed by atoms with Gasteiger partial charge in [-0.15, -0.1) is 16.9 Å². The van der Waals surface area contributed by atoms with E-state index >= 15 is 0 Å². The number of carbonyl (C=O) groups is 1. The molecule has 2 aromatic carbocycles. The van der Waals surface area contributed by atoms with Gasteiger partial charge in [-0.25, -0.2) is 13.5 Å². The number of anilines is 1. The Hall–Kier alpha value is -2.67. The monoisotopic (exact) mass is 345 g/mol. The van der Waals surface area contributed by atoms with Crippen molar-refractivity contribution in [2.45, 2.75) is 4.90 Å². The van der Waals surface area contributed by atoms with Gasteiger partial charge in [0.2, 0.25) is 5.91 Å². The van der Waals surface area contributed by atoms with E-state index in [0.717, 1.165) is 17.0 Å². The van der Waals surface area contributed by atoms with E-state index in [4.69, 9.17) is 0 Å². The number of amides is 1. The lowest BCUT2D eigenvalue weighted by molar-refractivity contribution is -0.113. The van der Waals surface area contributed by atoms with E-state index in [-0.39, 0.29) is 17.3 Å². The van der Waals surface area contributed by atoms with Crippen LogP contribution in [0.1, 0.15) is 0 Å². The van der Waals surface area contributed by atoms with Crippen LogP contribution in [0.2, 0.25) is 0 Å². The number of hydrogen-bond acceptors (Lipinski definition) is 3. The van der Waals surface area contributed by atoms with Crippen LogP contribution in [-0.2, 0) is 4.79 Å². The Morgan fingerprint density at radius 3 is 2.67 bits per heavy atom. The summed E-state index contributed by atoms with van der Waals surface area (Å²) in [6, 6.07) is 14.3. The van der Waals surface area contributed by atoms with Crippen molar-refractivity contribution in [1.82, 2.24) is 9.78 Å². The van der Waals surface area contributed by atoms with Crippen LogP contribution < -0.4 is 5.32 Å². The average molecular weight is 345 g/mol. The van der Waals surface area contributed by atoms with Crippen LogP contribution in [0.5, 0.6) is 0 Å². The van der Waals surface area contributed by atoms with E-state index in [0.29, 0.717) is 5.82 Å². The summed E-state index contributed by atoms with van der Waals surface area (Å²) in [6.45, 7) is 0. The highest BCUT2D eigenvalue weighted by Crippen LogP contribution is 2.18. The number of nitrogens with zero attached hydrogens (tertiary/aromatic N) is 2. The van der Waals surface area contributed by atoms with E-state index in [1.165, 1.54) is 28.7 Å². The molecule has 0 fully saturated rings. The van der Waals surface area contributed by atoms with Crippen molar-refractivity contribution in [3.63, 3.8) is 0 Å². The summed E-state index contributed by atoms with van der Waals surface area (Å²) in [6.07, 6.45) is 1.50. The zero-order chi connectivity index (χ0) is 16.9. The minimum absolute atomic E-state index is 0.107. The fourth-order valence-corrected chi connectivity index (χ4v) is 2.76. The molecule has 1 aromatic heterocycles. The average Bonchev–Trinajstić information content (AvgIpc) is 3.02. The molecule has 0 bridgehead atoms. The minimum Gasteiger partial charge on any atom is -0.308 e. The zero-order valence-corrected chi connectivity index (χ0v) is 13.3. The van der Waals surface area contributed by atoms with Gasteiger partial charge in [0.05, 0.1) is 5.75 Å². The Morgan fingerprint density at radius 1 is 1.12 bits per heavy atom. The van der Waals surface area contributed by atoms with Gasteiger partial charge in [0.15, 0.2) is 11.6 Å². The fourth-order valence-electron chi connectivity index (χ4n) is 2.04. The van der Waals surface area contributed by atoms with Crippen LogP contribution in [0.4, 0.5) is 14.6 Å². The summed E-state index contributed by atoms with van der Waals surface area (Å²) in [5, 5.41) is 6.72. The molecule has 24 heavy (non-hydrogen) atoms. The maximum absolute atomic E-state index is 13.7. The van der Waals surface area contributed by atoms with Crippen LogP contribution in [0.15, 0.2) is 65.7 Å². The van der Waals surface area contributed by atoms with E-state index < -0.39 is 11.6 Å². The quantitative estimate of drug-likeness (QED) is 0.714. The van der Waals surface area contributed by atoms with Gasteiger partial charge < -0.3 is 5.32 Å². The van der Waals surface area contributed by atoms with E-state index in [1.54, 1.807) is 6.07 Å². The smallest absolute Gasteiger partial charge is 0.235 e. The summed E-state index contributed by atoms with van der Waals surface area (Å²) in [5.74, 6) is -1.06. The normalized spacial score (nSPS) is 10.6. The van der Waals surface area contributed by atoms with Crippen molar-refractivity contribution in [3.8, 4) is 5.69 Å². The van der Waals surface area contributed by atoms with Gasteiger partial charge in [0.25, 0.3) is 0 Å². The first-order chi connectivity index (χ1) is 11.6. The number of rotatable bonds is 5. The summed E-state index contributed by atoms with van der Waals surface area (Å²) < 4.78 is 27.9. The molecule has 0 aliphatic carbocycles. The van der Waals surface area contributed by atoms with E-state index in [2.05, 4.69) is 10.4 Å².